The van der Waals surface area contributed by atoms with Crippen molar-refractivity contribution in [2.75, 3.05) is 19.4 Å². The van der Waals surface area contributed by atoms with E-state index >= 15 is 0 Å². The summed E-state index contributed by atoms with van der Waals surface area (Å²) in [5.74, 6) is 0. The second kappa shape index (κ2) is 7.75. The fraction of sp³-hybridized carbons (Fsp3) is 0.385. The van der Waals surface area contributed by atoms with E-state index in [2.05, 4.69) is 0 Å². The quantitative estimate of drug-likeness (QED) is 0.687. The second-order valence-electron chi connectivity index (χ2n) is 3.59. The molecule has 1 rings (SSSR count). The van der Waals surface area contributed by atoms with Gasteiger partial charge in [0, 0.05) is 5.02 Å². The van der Waals surface area contributed by atoms with E-state index in [1.807, 2.05) is 30.3 Å². The van der Waals surface area contributed by atoms with Gasteiger partial charge in [0.05, 0.1) is 19.4 Å². The highest BCUT2D eigenvalue weighted by Gasteiger charge is 2.20. The number of rotatable bonds is 7. The van der Waals surface area contributed by atoms with Crippen molar-refractivity contribution in [1.82, 2.24) is 0 Å². The number of hydrogen-bond donors (Lipinski definition) is 0. The van der Waals surface area contributed by atoms with E-state index < -0.39 is 7.60 Å². The Kier molecular flexibility index (Phi) is 6.66. The minimum atomic E-state index is -2.99. The normalized spacial score (nSPS) is 12.2. The van der Waals surface area contributed by atoms with Crippen molar-refractivity contribution >= 4 is 25.3 Å². The Morgan fingerprint density at radius 3 is 2.50 bits per heavy atom. The average molecular weight is 289 g/mol. The van der Waals surface area contributed by atoms with Gasteiger partial charge in [-0.15, -0.1) is 0 Å². The van der Waals surface area contributed by atoms with Crippen molar-refractivity contribution in [3.63, 3.8) is 0 Å². The second-order valence-corrected chi connectivity index (χ2v) is 6.13. The van der Waals surface area contributed by atoms with Crippen LogP contribution in [-0.4, -0.2) is 19.4 Å². The van der Waals surface area contributed by atoms with Crippen LogP contribution in [0.3, 0.4) is 0 Å². The number of hydrogen-bond acceptors (Lipinski definition) is 3. The maximum Gasteiger partial charge on any atom is 0.334 e. The van der Waals surface area contributed by atoms with Crippen molar-refractivity contribution in [2.45, 2.75) is 13.8 Å². The molecular formula is C13H18ClO3P. The standard InChI is InChI=1S/C13H18ClO3P/c1-3-16-18(15,17-4-2)10-6-8-12-7-5-9-13(14)11-12/h5-9,11H,3-4,10H2,1-2H3/b8-6+. The molecule has 0 aliphatic heterocycles. The lowest BCUT2D eigenvalue weighted by molar-refractivity contribution is 0.222. The Bertz CT molecular complexity index is 436. The van der Waals surface area contributed by atoms with Gasteiger partial charge in [-0.25, -0.2) is 0 Å². The molecule has 0 saturated carbocycles. The van der Waals surface area contributed by atoms with Gasteiger partial charge >= 0.3 is 7.60 Å². The lowest BCUT2D eigenvalue weighted by Gasteiger charge is -2.14. The summed E-state index contributed by atoms with van der Waals surface area (Å²) >= 11 is 5.88. The third-order valence-electron chi connectivity index (χ3n) is 2.14. The summed E-state index contributed by atoms with van der Waals surface area (Å²) in [4.78, 5) is 0. The molecule has 0 bridgehead atoms. The summed E-state index contributed by atoms with van der Waals surface area (Å²) in [6, 6.07) is 7.44. The molecule has 0 fully saturated rings. The first-order valence-corrected chi connectivity index (χ1v) is 8.00. The van der Waals surface area contributed by atoms with Crippen molar-refractivity contribution < 1.29 is 13.6 Å². The topological polar surface area (TPSA) is 35.5 Å². The van der Waals surface area contributed by atoms with Crippen molar-refractivity contribution in [1.29, 1.82) is 0 Å². The van der Waals surface area contributed by atoms with Crippen LogP contribution in [0.15, 0.2) is 30.3 Å². The van der Waals surface area contributed by atoms with Gasteiger partial charge < -0.3 is 9.05 Å². The van der Waals surface area contributed by atoms with Gasteiger partial charge in [0.1, 0.15) is 0 Å². The molecule has 0 aliphatic carbocycles. The van der Waals surface area contributed by atoms with Crippen LogP contribution in [0.2, 0.25) is 5.02 Å². The molecule has 0 spiro atoms. The lowest BCUT2D eigenvalue weighted by Crippen LogP contribution is -1.98. The predicted molar refractivity (Wildman–Crippen MR) is 76.2 cm³/mol. The molecule has 0 radical (unpaired) electrons. The molecule has 0 amide bonds. The van der Waals surface area contributed by atoms with E-state index in [1.54, 1.807) is 19.9 Å². The smallest absolute Gasteiger partial charge is 0.309 e. The van der Waals surface area contributed by atoms with Gasteiger partial charge in [-0.2, -0.15) is 0 Å². The average Bonchev–Trinajstić information content (AvgIpc) is 2.29. The molecule has 3 nitrogen and oxygen atoms in total. The van der Waals surface area contributed by atoms with Crippen molar-refractivity contribution in [2.24, 2.45) is 0 Å². The number of allylic oxidation sites excluding steroid dienone is 1. The SMILES string of the molecule is CCOP(=O)(C/C=C/c1cccc(Cl)c1)OCC. The third-order valence-corrected chi connectivity index (χ3v) is 4.34. The Morgan fingerprint density at radius 2 is 1.94 bits per heavy atom. The summed E-state index contributed by atoms with van der Waals surface area (Å²) in [5, 5.41) is 0.676. The fourth-order valence-corrected chi connectivity index (χ4v) is 3.10. The fourth-order valence-electron chi connectivity index (χ4n) is 1.46. The lowest BCUT2D eigenvalue weighted by atomic mass is 10.2. The molecule has 100 valence electrons. The maximum atomic E-state index is 12.1. The first-order chi connectivity index (χ1) is 8.59. The van der Waals surface area contributed by atoms with E-state index in [0.29, 0.717) is 18.2 Å². The van der Waals surface area contributed by atoms with Crippen molar-refractivity contribution in [3.05, 3.63) is 40.9 Å². The monoisotopic (exact) mass is 288 g/mol. The van der Waals surface area contributed by atoms with Gasteiger partial charge in [-0.3, -0.25) is 4.57 Å². The molecule has 18 heavy (non-hydrogen) atoms. The van der Waals surface area contributed by atoms with Crippen LogP contribution in [0.25, 0.3) is 6.08 Å². The van der Waals surface area contributed by atoms with Gasteiger partial charge in [0.15, 0.2) is 0 Å². The zero-order valence-corrected chi connectivity index (χ0v) is 12.3. The first-order valence-electron chi connectivity index (χ1n) is 5.90. The van der Waals surface area contributed by atoms with E-state index in [0.717, 1.165) is 5.56 Å². The van der Waals surface area contributed by atoms with E-state index in [1.165, 1.54) is 0 Å². The molecular weight excluding hydrogens is 271 g/mol. The van der Waals surface area contributed by atoms with Crippen molar-refractivity contribution in [3.8, 4) is 0 Å². The summed E-state index contributed by atoms with van der Waals surface area (Å²) in [7, 11) is -2.99. The molecule has 0 atom stereocenters. The van der Waals surface area contributed by atoms with E-state index in [9.17, 15) is 4.57 Å². The first kappa shape index (κ1) is 15.5. The molecule has 0 saturated heterocycles. The van der Waals surface area contributed by atoms with Gasteiger partial charge in [-0.05, 0) is 31.5 Å². The number of halogens is 1. The van der Waals surface area contributed by atoms with E-state index in [4.69, 9.17) is 20.6 Å². The molecule has 0 unspecified atom stereocenters. The molecule has 0 aromatic heterocycles. The van der Waals surface area contributed by atoms with Gasteiger partial charge in [0.2, 0.25) is 0 Å². The number of benzene rings is 1. The predicted octanol–water partition coefficient (Wildman–Crippen LogP) is 4.62. The zero-order valence-electron chi connectivity index (χ0n) is 10.6. The van der Waals surface area contributed by atoms with Crippen LogP contribution in [0.5, 0.6) is 0 Å². The molecule has 5 heteroatoms. The maximum absolute atomic E-state index is 12.1. The van der Waals surface area contributed by atoms with Crippen LogP contribution >= 0.6 is 19.2 Å². The zero-order chi connectivity index (χ0) is 13.4. The Labute approximate surface area is 113 Å². The van der Waals surface area contributed by atoms with Crippen LogP contribution < -0.4 is 0 Å². The van der Waals surface area contributed by atoms with Crippen LogP contribution in [0, 0.1) is 0 Å². The Morgan fingerprint density at radius 1 is 1.28 bits per heavy atom. The molecule has 0 heterocycles. The minimum absolute atomic E-state index is 0.265. The summed E-state index contributed by atoms with van der Waals surface area (Å²) in [6.07, 6.45) is 3.91. The Hall–Kier alpha value is -0.600. The summed E-state index contributed by atoms with van der Waals surface area (Å²) in [5.41, 5.74) is 0.960. The molecule has 0 N–H and O–H groups in total. The largest absolute Gasteiger partial charge is 0.334 e. The highest BCUT2D eigenvalue weighted by molar-refractivity contribution is 7.54. The van der Waals surface area contributed by atoms with Gasteiger partial charge in [0.25, 0.3) is 0 Å². The Balaban J connectivity index is 2.64. The van der Waals surface area contributed by atoms with Crippen LogP contribution in [0.4, 0.5) is 0 Å². The van der Waals surface area contributed by atoms with Crippen LogP contribution in [-0.2, 0) is 13.6 Å². The molecule has 0 aliphatic rings. The minimum Gasteiger partial charge on any atom is -0.309 e. The summed E-state index contributed by atoms with van der Waals surface area (Å²) < 4.78 is 22.5. The molecule has 1 aromatic carbocycles. The van der Waals surface area contributed by atoms with Crippen LogP contribution in [0.1, 0.15) is 19.4 Å². The van der Waals surface area contributed by atoms with Gasteiger partial charge in [-0.1, -0.05) is 35.9 Å². The highest BCUT2D eigenvalue weighted by atomic mass is 35.5. The highest BCUT2D eigenvalue weighted by Crippen LogP contribution is 2.47. The summed E-state index contributed by atoms with van der Waals surface area (Å²) in [6.45, 7) is 4.35. The van der Waals surface area contributed by atoms with E-state index in [-0.39, 0.29) is 6.16 Å². The molecule has 1 aromatic rings. The third kappa shape index (κ3) is 5.36.